The molecule has 0 atom stereocenters. The van der Waals surface area contributed by atoms with E-state index in [2.05, 4.69) is 26.0 Å². The lowest BCUT2D eigenvalue weighted by molar-refractivity contribution is 0.295. The molecular weight excluding hydrogens is 210 g/mol. The minimum atomic E-state index is 0.713. The van der Waals surface area contributed by atoms with Crippen LogP contribution in [0.3, 0.4) is 0 Å². The third-order valence-electron chi connectivity index (χ3n) is 3.39. The van der Waals surface area contributed by atoms with Gasteiger partial charge < -0.3 is 10.5 Å². The third kappa shape index (κ3) is 3.22. The van der Waals surface area contributed by atoms with Gasteiger partial charge >= 0.3 is 0 Å². The van der Waals surface area contributed by atoms with Crippen LogP contribution in [0.4, 0.5) is 0 Å². The van der Waals surface area contributed by atoms with Crippen molar-refractivity contribution >= 4 is 0 Å². The first kappa shape index (κ1) is 12.4. The third-order valence-corrected chi connectivity index (χ3v) is 3.39. The van der Waals surface area contributed by atoms with Crippen molar-refractivity contribution in [3.63, 3.8) is 0 Å². The molecule has 1 fully saturated rings. The fraction of sp³-hybridized carbons (Fsp3) is 0.600. The van der Waals surface area contributed by atoms with Crippen molar-refractivity contribution < 1.29 is 4.74 Å². The van der Waals surface area contributed by atoms with E-state index in [0.29, 0.717) is 6.54 Å². The molecule has 0 aromatic heterocycles. The van der Waals surface area contributed by atoms with E-state index in [1.807, 2.05) is 0 Å². The summed E-state index contributed by atoms with van der Waals surface area (Å²) >= 11 is 0. The van der Waals surface area contributed by atoms with Crippen LogP contribution < -0.4 is 10.5 Å². The fourth-order valence-electron chi connectivity index (χ4n) is 2.19. The second-order valence-electron chi connectivity index (χ2n) is 5.05. The zero-order valence-electron chi connectivity index (χ0n) is 11.0. The van der Waals surface area contributed by atoms with Crippen molar-refractivity contribution in [2.75, 3.05) is 13.2 Å². The predicted octanol–water partition coefficient (Wildman–Crippen LogP) is 2.85. The zero-order valence-corrected chi connectivity index (χ0v) is 11.0. The van der Waals surface area contributed by atoms with Crippen LogP contribution >= 0.6 is 0 Å². The van der Waals surface area contributed by atoms with E-state index in [1.54, 1.807) is 0 Å². The summed E-state index contributed by atoms with van der Waals surface area (Å²) in [4.78, 5) is 0. The molecule has 0 unspecified atom stereocenters. The summed E-state index contributed by atoms with van der Waals surface area (Å²) in [7, 11) is 0. The zero-order chi connectivity index (χ0) is 12.3. The van der Waals surface area contributed by atoms with Crippen molar-refractivity contribution in [3.05, 3.63) is 28.8 Å². The molecule has 1 saturated carbocycles. The summed E-state index contributed by atoms with van der Waals surface area (Å²) < 4.78 is 5.98. The van der Waals surface area contributed by atoms with Crippen molar-refractivity contribution in [2.24, 2.45) is 11.7 Å². The van der Waals surface area contributed by atoms with Crippen LogP contribution in [-0.2, 0) is 12.8 Å². The molecule has 0 amide bonds. The summed E-state index contributed by atoms with van der Waals surface area (Å²) in [6.07, 6.45) is 4.66. The number of rotatable bonds is 6. The second-order valence-corrected chi connectivity index (χ2v) is 5.05. The van der Waals surface area contributed by atoms with Gasteiger partial charge in [-0.15, -0.1) is 0 Å². The molecule has 0 spiro atoms. The number of ether oxygens (including phenoxy) is 1. The Bertz CT molecular complexity index is 383. The maximum atomic E-state index is 5.98. The molecule has 0 aliphatic heterocycles. The Morgan fingerprint density at radius 1 is 1.35 bits per heavy atom. The maximum absolute atomic E-state index is 5.98. The Morgan fingerprint density at radius 2 is 2.12 bits per heavy atom. The van der Waals surface area contributed by atoms with Gasteiger partial charge in [0.1, 0.15) is 5.75 Å². The number of nitrogens with two attached hydrogens (primary N) is 1. The molecule has 94 valence electrons. The van der Waals surface area contributed by atoms with Crippen LogP contribution in [-0.4, -0.2) is 13.2 Å². The van der Waals surface area contributed by atoms with E-state index in [1.165, 1.54) is 29.5 Å². The summed E-state index contributed by atoms with van der Waals surface area (Å²) in [5.74, 6) is 1.92. The second kappa shape index (κ2) is 5.54. The first-order valence-corrected chi connectivity index (χ1v) is 6.69. The summed E-state index contributed by atoms with van der Waals surface area (Å²) in [5.41, 5.74) is 9.54. The van der Waals surface area contributed by atoms with Crippen molar-refractivity contribution in [1.29, 1.82) is 0 Å². The van der Waals surface area contributed by atoms with Gasteiger partial charge in [-0.25, -0.2) is 0 Å². The van der Waals surface area contributed by atoms with Gasteiger partial charge in [-0.1, -0.05) is 19.1 Å². The Hall–Kier alpha value is -1.02. The Balaban J connectivity index is 2.16. The maximum Gasteiger partial charge on any atom is 0.125 e. The highest BCUT2D eigenvalue weighted by Crippen LogP contribution is 2.32. The molecule has 2 N–H and O–H groups in total. The molecule has 2 heteroatoms. The van der Waals surface area contributed by atoms with Gasteiger partial charge in [-0.3, -0.25) is 0 Å². The molecule has 1 aromatic carbocycles. The topological polar surface area (TPSA) is 35.2 Å². The van der Waals surface area contributed by atoms with E-state index in [-0.39, 0.29) is 0 Å². The quantitative estimate of drug-likeness (QED) is 0.820. The van der Waals surface area contributed by atoms with Crippen molar-refractivity contribution in [3.8, 4) is 5.75 Å². The average molecular weight is 233 g/mol. The molecule has 2 nitrogen and oxygen atoms in total. The van der Waals surface area contributed by atoms with Gasteiger partial charge in [0.15, 0.2) is 0 Å². The monoisotopic (exact) mass is 233 g/mol. The molecular formula is C15H23NO. The van der Waals surface area contributed by atoms with Crippen LogP contribution in [0.5, 0.6) is 5.75 Å². The first-order chi connectivity index (χ1) is 8.24. The normalized spacial score (nSPS) is 15.0. The molecule has 0 bridgehead atoms. The Morgan fingerprint density at radius 3 is 2.71 bits per heavy atom. The van der Waals surface area contributed by atoms with Crippen LogP contribution in [0.1, 0.15) is 36.5 Å². The fourth-order valence-corrected chi connectivity index (χ4v) is 2.19. The van der Waals surface area contributed by atoms with Crippen LogP contribution in [0.15, 0.2) is 12.1 Å². The largest absolute Gasteiger partial charge is 0.493 e. The minimum absolute atomic E-state index is 0.713. The molecule has 2 rings (SSSR count). The molecule has 1 aliphatic rings. The van der Waals surface area contributed by atoms with Gasteiger partial charge in [0.25, 0.3) is 0 Å². The lowest BCUT2D eigenvalue weighted by Crippen LogP contribution is -2.07. The van der Waals surface area contributed by atoms with Crippen molar-refractivity contribution in [1.82, 2.24) is 0 Å². The van der Waals surface area contributed by atoms with Gasteiger partial charge in [-0.05, 0) is 61.8 Å². The van der Waals surface area contributed by atoms with Gasteiger partial charge in [0.05, 0.1) is 6.61 Å². The van der Waals surface area contributed by atoms with Crippen LogP contribution in [0.25, 0.3) is 0 Å². The van der Waals surface area contributed by atoms with E-state index in [4.69, 9.17) is 10.5 Å². The number of benzene rings is 1. The SMILES string of the molecule is CCc1cc(CCN)cc(C)c1OCC1CC1. The standard InChI is InChI=1S/C15H23NO/c1-3-14-9-13(6-7-16)8-11(2)15(14)17-10-12-4-5-12/h8-9,12H,3-7,10,16H2,1-2H3. The predicted molar refractivity (Wildman–Crippen MR) is 71.5 cm³/mol. The van der Waals surface area contributed by atoms with Crippen LogP contribution in [0.2, 0.25) is 0 Å². The number of hydrogen-bond donors (Lipinski definition) is 1. The smallest absolute Gasteiger partial charge is 0.125 e. The molecule has 0 radical (unpaired) electrons. The molecule has 0 saturated heterocycles. The lowest BCUT2D eigenvalue weighted by atomic mass is 10.0. The van der Waals surface area contributed by atoms with E-state index in [9.17, 15) is 0 Å². The molecule has 1 aromatic rings. The minimum Gasteiger partial charge on any atom is -0.493 e. The molecule has 17 heavy (non-hydrogen) atoms. The van der Waals surface area contributed by atoms with E-state index >= 15 is 0 Å². The molecule has 1 aliphatic carbocycles. The highest BCUT2D eigenvalue weighted by atomic mass is 16.5. The highest BCUT2D eigenvalue weighted by Gasteiger charge is 2.22. The summed E-state index contributed by atoms with van der Waals surface area (Å²) in [5, 5.41) is 0. The van der Waals surface area contributed by atoms with Gasteiger partial charge in [0.2, 0.25) is 0 Å². The number of hydrogen-bond acceptors (Lipinski definition) is 2. The van der Waals surface area contributed by atoms with Crippen molar-refractivity contribution in [2.45, 2.75) is 39.5 Å². The van der Waals surface area contributed by atoms with Crippen LogP contribution in [0, 0.1) is 12.8 Å². The van der Waals surface area contributed by atoms with Gasteiger partial charge in [0, 0.05) is 0 Å². The van der Waals surface area contributed by atoms with E-state index in [0.717, 1.165) is 31.1 Å². The molecule has 0 heterocycles. The summed E-state index contributed by atoms with van der Waals surface area (Å²) in [6.45, 7) is 5.93. The van der Waals surface area contributed by atoms with E-state index < -0.39 is 0 Å². The lowest BCUT2D eigenvalue weighted by Gasteiger charge is -2.15. The number of aryl methyl sites for hydroxylation is 2. The van der Waals surface area contributed by atoms with Gasteiger partial charge in [-0.2, -0.15) is 0 Å². The Labute approximate surface area is 104 Å². The average Bonchev–Trinajstić information content (AvgIpc) is 3.11. The summed E-state index contributed by atoms with van der Waals surface area (Å²) in [6, 6.07) is 4.47. The first-order valence-electron chi connectivity index (χ1n) is 6.69. The highest BCUT2D eigenvalue weighted by molar-refractivity contribution is 5.44. The Kier molecular flexibility index (Phi) is 4.06.